The lowest BCUT2D eigenvalue weighted by molar-refractivity contribution is 0.0726. The quantitative estimate of drug-likeness (QED) is 0.847. The van der Waals surface area contributed by atoms with E-state index in [0.29, 0.717) is 31.5 Å². The van der Waals surface area contributed by atoms with E-state index in [2.05, 4.69) is 0 Å². The topological polar surface area (TPSA) is 57.7 Å². The molecule has 1 fully saturated rings. The van der Waals surface area contributed by atoms with Gasteiger partial charge in [-0.2, -0.15) is 0 Å². The molecule has 6 heteroatoms. The van der Waals surface area contributed by atoms with E-state index in [4.69, 9.17) is 0 Å². The molecule has 0 bridgehead atoms. The van der Waals surface area contributed by atoms with E-state index < -0.39 is 9.84 Å². The Morgan fingerprint density at radius 1 is 1.24 bits per heavy atom. The van der Waals surface area contributed by atoms with Gasteiger partial charge >= 0.3 is 0 Å². The molecule has 0 unspecified atom stereocenters. The summed E-state index contributed by atoms with van der Waals surface area (Å²) in [4.78, 5) is 16.2. The van der Waals surface area contributed by atoms with Crippen molar-refractivity contribution in [1.82, 2.24) is 4.90 Å². The first kappa shape index (κ1) is 15.8. The summed E-state index contributed by atoms with van der Waals surface area (Å²) in [7, 11) is 0.861. The van der Waals surface area contributed by atoms with Crippen LogP contribution in [-0.4, -0.2) is 57.9 Å². The Bertz CT molecular complexity index is 618. The van der Waals surface area contributed by atoms with E-state index in [1.54, 1.807) is 11.0 Å². The van der Waals surface area contributed by atoms with Gasteiger partial charge in [0, 0.05) is 44.7 Å². The fraction of sp³-hybridized carbons (Fsp3) is 0.533. The molecule has 0 atom stereocenters. The summed E-state index contributed by atoms with van der Waals surface area (Å²) < 4.78 is 23.1. The molecule has 1 amide bonds. The third-order valence-corrected chi connectivity index (χ3v) is 5.63. The first-order valence-corrected chi connectivity index (χ1v) is 9.00. The first-order chi connectivity index (χ1) is 9.79. The highest BCUT2D eigenvalue weighted by atomic mass is 32.2. The molecular weight excluding hydrogens is 288 g/mol. The summed E-state index contributed by atoms with van der Waals surface area (Å²) >= 11 is 0. The number of hydrogen-bond donors (Lipinski definition) is 0. The van der Waals surface area contributed by atoms with E-state index >= 15 is 0 Å². The van der Waals surface area contributed by atoms with Crippen LogP contribution in [0.5, 0.6) is 0 Å². The molecule has 116 valence electrons. The third kappa shape index (κ3) is 3.75. The van der Waals surface area contributed by atoms with Crippen molar-refractivity contribution in [3.63, 3.8) is 0 Å². The van der Waals surface area contributed by atoms with E-state index in [1.807, 2.05) is 37.2 Å². The van der Waals surface area contributed by atoms with E-state index in [9.17, 15) is 13.2 Å². The van der Waals surface area contributed by atoms with Crippen LogP contribution in [0.15, 0.2) is 24.3 Å². The van der Waals surface area contributed by atoms with Crippen molar-refractivity contribution >= 4 is 21.4 Å². The number of benzene rings is 1. The number of carbonyl (C=O) groups excluding carboxylic acids is 1. The van der Waals surface area contributed by atoms with Gasteiger partial charge in [0.2, 0.25) is 0 Å². The Labute approximate surface area is 126 Å². The standard InChI is InChI=1S/C15H22N2O3S/c1-16(2)13-6-4-5-12(11-13)15(18)17-9-7-14(8-10-17)21(3,19)20/h4-6,11,14H,7-10H2,1-3H3. The fourth-order valence-electron chi connectivity index (χ4n) is 2.59. The molecule has 0 spiro atoms. The van der Waals surface area contributed by atoms with Crippen molar-refractivity contribution < 1.29 is 13.2 Å². The summed E-state index contributed by atoms with van der Waals surface area (Å²) in [6.45, 7) is 1.01. The average Bonchev–Trinajstić information content (AvgIpc) is 2.46. The Kier molecular flexibility index (Phi) is 4.56. The number of amides is 1. The van der Waals surface area contributed by atoms with Crippen LogP contribution in [0.3, 0.4) is 0 Å². The lowest BCUT2D eigenvalue weighted by Gasteiger charge is -2.31. The van der Waals surface area contributed by atoms with Gasteiger partial charge in [-0.15, -0.1) is 0 Å². The fourth-order valence-corrected chi connectivity index (χ4v) is 3.65. The predicted molar refractivity (Wildman–Crippen MR) is 84.5 cm³/mol. The van der Waals surface area contributed by atoms with Crippen LogP contribution in [0.1, 0.15) is 23.2 Å². The molecule has 0 aromatic heterocycles. The largest absolute Gasteiger partial charge is 0.378 e. The first-order valence-electron chi connectivity index (χ1n) is 7.04. The van der Waals surface area contributed by atoms with Crippen molar-refractivity contribution in [2.75, 3.05) is 38.3 Å². The van der Waals surface area contributed by atoms with Gasteiger partial charge in [-0.1, -0.05) is 6.07 Å². The summed E-state index contributed by atoms with van der Waals surface area (Å²) in [5.74, 6) is -0.0225. The predicted octanol–water partition coefficient (Wildman–Crippen LogP) is 1.40. The number of rotatable bonds is 3. The Hall–Kier alpha value is -1.56. The highest BCUT2D eigenvalue weighted by Crippen LogP contribution is 2.20. The molecule has 0 N–H and O–H groups in total. The second-order valence-corrected chi connectivity index (χ2v) is 8.09. The highest BCUT2D eigenvalue weighted by molar-refractivity contribution is 7.91. The van der Waals surface area contributed by atoms with Crippen LogP contribution in [0.25, 0.3) is 0 Å². The van der Waals surface area contributed by atoms with Gasteiger partial charge in [0.25, 0.3) is 5.91 Å². The maximum absolute atomic E-state index is 12.5. The number of likely N-dealkylation sites (tertiary alicyclic amines) is 1. The highest BCUT2D eigenvalue weighted by Gasteiger charge is 2.29. The summed E-state index contributed by atoms with van der Waals surface area (Å²) in [5.41, 5.74) is 1.63. The summed E-state index contributed by atoms with van der Waals surface area (Å²) in [5, 5.41) is -0.311. The molecule has 0 saturated carbocycles. The zero-order valence-electron chi connectivity index (χ0n) is 12.7. The van der Waals surface area contributed by atoms with Crippen molar-refractivity contribution in [2.24, 2.45) is 0 Å². The molecule has 0 radical (unpaired) electrons. The molecule has 1 saturated heterocycles. The van der Waals surface area contributed by atoms with Gasteiger partial charge in [0.15, 0.2) is 0 Å². The van der Waals surface area contributed by atoms with Crippen molar-refractivity contribution in [3.8, 4) is 0 Å². The zero-order chi connectivity index (χ0) is 15.6. The smallest absolute Gasteiger partial charge is 0.253 e. The molecule has 1 aliphatic heterocycles. The van der Waals surface area contributed by atoms with Crippen LogP contribution in [0.2, 0.25) is 0 Å². The monoisotopic (exact) mass is 310 g/mol. The van der Waals surface area contributed by atoms with E-state index in [-0.39, 0.29) is 11.2 Å². The number of carbonyl (C=O) groups is 1. The van der Waals surface area contributed by atoms with E-state index in [0.717, 1.165) is 5.69 Å². The molecule has 1 aliphatic rings. The second-order valence-electron chi connectivity index (χ2n) is 5.77. The van der Waals surface area contributed by atoms with Gasteiger partial charge in [0.1, 0.15) is 9.84 Å². The van der Waals surface area contributed by atoms with Gasteiger partial charge in [-0.3, -0.25) is 4.79 Å². The normalized spacial score (nSPS) is 16.8. The molecule has 1 aromatic rings. The van der Waals surface area contributed by atoms with E-state index in [1.165, 1.54) is 6.26 Å². The minimum Gasteiger partial charge on any atom is -0.378 e. The minimum atomic E-state index is -3.00. The van der Waals surface area contributed by atoms with Crippen molar-refractivity contribution in [3.05, 3.63) is 29.8 Å². The SMILES string of the molecule is CN(C)c1cccc(C(=O)N2CCC(S(C)(=O)=O)CC2)c1. The number of anilines is 1. The lowest BCUT2D eigenvalue weighted by atomic mass is 10.1. The van der Waals surface area contributed by atoms with Crippen molar-refractivity contribution in [1.29, 1.82) is 0 Å². The summed E-state index contributed by atoms with van der Waals surface area (Å²) in [6.07, 6.45) is 2.32. The molecule has 0 aliphatic carbocycles. The zero-order valence-corrected chi connectivity index (χ0v) is 13.6. The maximum Gasteiger partial charge on any atom is 0.253 e. The third-order valence-electron chi connectivity index (χ3n) is 3.94. The molecule has 2 rings (SSSR count). The number of piperidine rings is 1. The number of sulfone groups is 1. The van der Waals surface area contributed by atoms with Crippen LogP contribution >= 0.6 is 0 Å². The second kappa shape index (κ2) is 6.05. The van der Waals surface area contributed by atoms with Gasteiger partial charge in [-0.25, -0.2) is 8.42 Å². The molecule has 1 aromatic carbocycles. The van der Waals surface area contributed by atoms with Gasteiger partial charge < -0.3 is 9.80 Å². The van der Waals surface area contributed by atoms with Gasteiger partial charge in [-0.05, 0) is 31.0 Å². The van der Waals surface area contributed by atoms with Gasteiger partial charge in [0.05, 0.1) is 5.25 Å². The minimum absolute atomic E-state index is 0.0225. The molecular formula is C15H22N2O3S. The summed E-state index contributed by atoms with van der Waals surface area (Å²) in [6, 6.07) is 7.49. The Balaban J connectivity index is 2.07. The average molecular weight is 310 g/mol. The Morgan fingerprint density at radius 2 is 1.86 bits per heavy atom. The molecule has 21 heavy (non-hydrogen) atoms. The lowest BCUT2D eigenvalue weighted by Crippen LogP contribution is -2.42. The molecule has 5 nitrogen and oxygen atoms in total. The Morgan fingerprint density at radius 3 is 2.38 bits per heavy atom. The number of hydrogen-bond acceptors (Lipinski definition) is 4. The van der Waals surface area contributed by atoms with Crippen LogP contribution in [0.4, 0.5) is 5.69 Å². The van der Waals surface area contributed by atoms with Crippen LogP contribution in [-0.2, 0) is 9.84 Å². The maximum atomic E-state index is 12.5. The number of nitrogens with zero attached hydrogens (tertiary/aromatic N) is 2. The van der Waals surface area contributed by atoms with Crippen LogP contribution in [0, 0.1) is 0 Å². The molecule has 1 heterocycles. The van der Waals surface area contributed by atoms with Crippen molar-refractivity contribution in [2.45, 2.75) is 18.1 Å². The van der Waals surface area contributed by atoms with Crippen LogP contribution < -0.4 is 4.90 Å².